The van der Waals surface area contributed by atoms with E-state index in [1.54, 1.807) is 0 Å². The van der Waals surface area contributed by atoms with Crippen LogP contribution in [0.15, 0.2) is 0 Å². The van der Waals surface area contributed by atoms with Crippen LogP contribution in [0.25, 0.3) is 0 Å². The number of fused-ring (bicyclic) bond motifs is 6. The smallest absolute Gasteiger partial charge is 0.171 e. The third-order valence-electron chi connectivity index (χ3n) is 12.3. The zero-order chi connectivity index (χ0) is 21.4. The second kappa shape index (κ2) is 6.09. The van der Waals surface area contributed by atoms with Crippen molar-refractivity contribution in [1.29, 1.82) is 0 Å². The molecule has 4 heteroatoms. The van der Waals surface area contributed by atoms with Gasteiger partial charge >= 0.3 is 0 Å². The van der Waals surface area contributed by atoms with E-state index in [4.69, 9.17) is 14.2 Å². The normalized spacial score (nSPS) is 66.7. The molecule has 2 spiro atoms. The van der Waals surface area contributed by atoms with Crippen molar-refractivity contribution in [3.8, 4) is 0 Å². The van der Waals surface area contributed by atoms with Gasteiger partial charge in [0.15, 0.2) is 5.79 Å². The Labute approximate surface area is 187 Å². The lowest BCUT2D eigenvalue weighted by molar-refractivity contribution is -0.273. The maximum absolute atomic E-state index is 10.4. The zero-order valence-electron chi connectivity index (χ0n) is 19.9. The van der Waals surface area contributed by atoms with E-state index in [-0.39, 0.29) is 22.9 Å². The van der Waals surface area contributed by atoms with Crippen LogP contribution in [0.5, 0.6) is 0 Å². The van der Waals surface area contributed by atoms with Gasteiger partial charge in [0.1, 0.15) is 5.60 Å². The highest BCUT2D eigenvalue weighted by Gasteiger charge is 2.77. The van der Waals surface area contributed by atoms with Crippen molar-refractivity contribution in [3.63, 3.8) is 0 Å². The first-order valence-corrected chi connectivity index (χ1v) is 13.4. The fourth-order valence-electron chi connectivity index (χ4n) is 10.7. The van der Waals surface area contributed by atoms with Crippen LogP contribution < -0.4 is 0 Å². The molecule has 4 nitrogen and oxygen atoms in total. The Kier molecular flexibility index (Phi) is 3.97. The predicted molar refractivity (Wildman–Crippen MR) is 117 cm³/mol. The third-order valence-corrected chi connectivity index (χ3v) is 12.3. The van der Waals surface area contributed by atoms with Crippen LogP contribution in [0.1, 0.15) is 85.5 Å². The maximum Gasteiger partial charge on any atom is 0.171 e. The first kappa shape index (κ1) is 20.2. The van der Waals surface area contributed by atoms with E-state index in [1.165, 1.54) is 32.1 Å². The molecule has 0 bridgehead atoms. The lowest BCUT2D eigenvalue weighted by Gasteiger charge is -2.59. The number of hydrogen-bond donors (Lipinski definition) is 1. The molecule has 0 radical (unpaired) electrons. The topological polar surface area (TPSA) is 51.2 Å². The van der Waals surface area contributed by atoms with Gasteiger partial charge in [0.05, 0.1) is 24.9 Å². The molecule has 0 aromatic heterocycles. The molecule has 4 saturated carbocycles. The Morgan fingerprint density at radius 1 is 0.903 bits per heavy atom. The molecule has 7 rings (SSSR count). The van der Waals surface area contributed by atoms with Gasteiger partial charge in [-0.1, -0.05) is 27.7 Å². The molecule has 31 heavy (non-hydrogen) atoms. The number of aliphatic hydroxyl groups is 1. The fraction of sp³-hybridized carbons (Fsp3) is 1.00. The van der Waals surface area contributed by atoms with Crippen molar-refractivity contribution < 1.29 is 19.3 Å². The van der Waals surface area contributed by atoms with Gasteiger partial charge in [0.25, 0.3) is 0 Å². The second-order valence-electron chi connectivity index (χ2n) is 13.4. The predicted octanol–water partition coefficient (Wildman–Crippen LogP) is 4.93. The molecule has 1 N–H and O–H groups in total. The van der Waals surface area contributed by atoms with E-state index < -0.39 is 0 Å². The summed E-state index contributed by atoms with van der Waals surface area (Å²) < 4.78 is 19.9. The summed E-state index contributed by atoms with van der Waals surface area (Å²) in [6.07, 6.45) is 11.0. The zero-order valence-corrected chi connectivity index (χ0v) is 19.9. The van der Waals surface area contributed by atoms with Crippen molar-refractivity contribution in [2.75, 3.05) is 6.61 Å². The molecule has 7 fully saturated rings. The molecule has 3 saturated heterocycles. The van der Waals surface area contributed by atoms with Gasteiger partial charge in [-0.2, -0.15) is 0 Å². The Balaban J connectivity index is 1.18. The minimum Gasteiger partial charge on any atom is -0.393 e. The first-order valence-electron chi connectivity index (χ1n) is 13.4. The molecule has 13 atom stereocenters. The molecular weight excluding hydrogens is 388 g/mol. The quantitative estimate of drug-likeness (QED) is 0.554. The SMILES string of the molecule is CC1CC[C@@]2(OC1)O[C@H]1C[C@H]3[C@@H]4C[C@@H]5O[C@@]56C[C@@H](O)CC[C@]6(C)[C@H]4CC[C@]3(C)[C@H]1[C@@H]2C. The molecule has 0 aromatic rings. The maximum atomic E-state index is 10.4. The van der Waals surface area contributed by atoms with E-state index in [0.29, 0.717) is 35.4 Å². The minimum absolute atomic E-state index is 0.00543. The number of hydrogen-bond acceptors (Lipinski definition) is 4. The van der Waals surface area contributed by atoms with Gasteiger partial charge in [-0.05, 0) is 80.0 Å². The van der Waals surface area contributed by atoms with Gasteiger partial charge in [0.2, 0.25) is 0 Å². The van der Waals surface area contributed by atoms with Crippen LogP contribution in [0, 0.1) is 46.3 Å². The van der Waals surface area contributed by atoms with E-state index in [2.05, 4.69) is 27.7 Å². The van der Waals surface area contributed by atoms with Crippen LogP contribution in [0.4, 0.5) is 0 Å². The van der Waals surface area contributed by atoms with Gasteiger partial charge in [-0.25, -0.2) is 0 Å². The van der Waals surface area contributed by atoms with Gasteiger partial charge in [-0.15, -0.1) is 0 Å². The van der Waals surface area contributed by atoms with Crippen molar-refractivity contribution in [2.24, 2.45) is 46.3 Å². The molecule has 3 heterocycles. The lowest BCUT2D eigenvalue weighted by atomic mass is 9.44. The number of ether oxygens (including phenoxy) is 3. The summed E-state index contributed by atoms with van der Waals surface area (Å²) in [4.78, 5) is 0. The molecule has 174 valence electrons. The summed E-state index contributed by atoms with van der Waals surface area (Å²) >= 11 is 0. The summed E-state index contributed by atoms with van der Waals surface area (Å²) in [5.41, 5.74) is 0.629. The molecule has 0 aromatic carbocycles. The van der Waals surface area contributed by atoms with Crippen LogP contribution >= 0.6 is 0 Å². The van der Waals surface area contributed by atoms with Crippen molar-refractivity contribution in [1.82, 2.24) is 0 Å². The van der Waals surface area contributed by atoms with Crippen LogP contribution in [0.2, 0.25) is 0 Å². The van der Waals surface area contributed by atoms with Crippen LogP contribution in [0.3, 0.4) is 0 Å². The minimum atomic E-state index is -0.306. The number of epoxide rings is 1. The van der Waals surface area contributed by atoms with Crippen molar-refractivity contribution in [3.05, 3.63) is 0 Å². The first-order chi connectivity index (χ1) is 14.7. The summed E-state index contributed by atoms with van der Waals surface area (Å²) in [5.74, 6) is 3.78. The van der Waals surface area contributed by atoms with Gasteiger partial charge < -0.3 is 19.3 Å². The van der Waals surface area contributed by atoms with Crippen molar-refractivity contribution in [2.45, 2.75) is 115 Å². The third kappa shape index (κ3) is 2.32. The molecular formula is C27H42O4. The lowest BCUT2D eigenvalue weighted by Crippen LogP contribution is -2.59. The van der Waals surface area contributed by atoms with Gasteiger partial charge in [0, 0.05) is 24.2 Å². The number of aliphatic hydroxyl groups excluding tert-OH is 1. The molecule has 4 aliphatic carbocycles. The largest absolute Gasteiger partial charge is 0.393 e. The Hall–Kier alpha value is -0.160. The molecule has 0 amide bonds. The highest BCUT2D eigenvalue weighted by molar-refractivity contribution is 5.25. The average molecular weight is 431 g/mol. The number of rotatable bonds is 0. The fourth-order valence-corrected chi connectivity index (χ4v) is 10.7. The van der Waals surface area contributed by atoms with Crippen LogP contribution in [-0.2, 0) is 14.2 Å². The molecule has 7 aliphatic rings. The Morgan fingerprint density at radius 3 is 2.52 bits per heavy atom. The van der Waals surface area contributed by atoms with Crippen LogP contribution in [-0.4, -0.2) is 41.4 Å². The standard InChI is InChI=1S/C27H42O4/c1-15-5-10-27(29-14-15)16(2)23-21(30-27)12-20-18-11-22-26(31-22)13-17(28)6-9-25(26,4)19(18)7-8-24(20,23)3/h15-23,28H,5-14H2,1-4H3/t15?,16-,17-,18+,19-,20-,21-,22-,23-,24-,25+,26-,27+/m0/s1. The summed E-state index contributed by atoms with van der Waals surface area (Å²) in [5, 5.41) is 10.4. The monoisotopic (exact) mass is 430 g/mol. The van der Waals surface area contributed by atoms with Crippen molar-refractivity contribution >= 4 is 0 Å². The average Bonchev–Trinajstić information content (AvgIpc) is 3.25. The molecule has 1 unspecified atom stereocenters. The van der Waals surface area contributed by atoms with E-state index in [1.807, 2.05) is 0 Å². The Bertz CT molecular complexity index is 775. The highest BCUT2D eigenvalue weighted by atomic mass is 16.7. The van der Waals surface area contributed by atoms with Gasteiger partial charge in [-0.3, -0.25) is 0 Å². The summed E-state index contributed by atoms with van der Waals surface area (Å²) in [7, 11) is 0. The molecule has 3 aliphatic heterocycles. The van der Waals surface area contributed by atoms with E-state index >= 15 is 0 Å². The van der Waals surface area contributed by atoms with E-state index in [0.717, 1.165) is 50.0 Å². The summed E-state index contributed by atoms with van der Waals surface area (Å²) in [6, 6.07) is 0. The Morgan fingerprint density at radius 2 is 1.74 bits per heavy atom. The summed E-state index contributed by atoms with van der Waals surface area (Å²) in [6.45, 7) is 10.8. The highest BCUT2D eigenvalue weighted by Crippen LogP contribution is 2.75. The van der Waals surface area contributed by atoms with E-state index in [9.17, 15) is 5.11 Å². The second-order valence-corrected chi connectivity index (χ2v) is 13.4.